The first-order valence-corrected chi connectivity index (χ1v) is 10.7. The van der Waals surface area contributed by atoms with Gasteiger partial charge >= 0.3 is 0 Å². The normalized spacial score (nSPS) is 13.8. The molecule has 0 saturated carbocycles. The maximum absolute atomic E-state index is 5.23. The number of aryl methyl sites for hydroxylation is 2. The molecule has 146 valence electrons. The zero-order valence-electron chi connectivity index (χ0n) is 17.4. The van der Waals surface area contributed by atoms with Gasteiger partial charge in [0.25, 0.3) is 0 Å². The van der Waals surface area contributed by atoms with Crippen molar-refractivity contribution in [2.45, 2.75) is 52.4 Å². The minimum Gasteiger partial charge on any atom is -0.228 e. The van der Waals surface area contributed by atoms with E-state index in [1.165, 1.54) is 40.5 Å². The minimum absolute atomic E-state index is 0.538. The third kappa shape index (κ3) is 3.05. The number of benzene rings is 2. The Labute approximate surface area is 172 Å². The highest BCUT2D eigenvalue weighted by molar-refractivity contribution is 5.88. The van der Waals surface area contributed by atoms with E-state index in [1.807, 2.05) is 10.7 Å². The topological polar surface area (TPSA) is 30.7 Å². The third-order valence-corrected chi connectivity index (χ3v) is 6.16. The number of rotatable bonds is 3. The number of nitrogens with zero attached hydrogens (tertiary/aromatic N) is 3. The van der Waals surface area contributed by atoms with Crippen molar-refractivity contribution in [1.82, 2.24) is 14.8 Å². The van der Waals surface area contributed by atoms with E-state index < -0.39 is 0 Å². The highest BCUT2D eigenvalue weighted by Gasteiger charge is 2.23. The molecule has 0 aliphatic heterocycles. The van der Waals surface area contributed by atoms with Crippen LogP contribution < -0.4 is 0 Å². The Bertz CT molecular complexity index is 1170. The highest BCUT2D eigenvalue weighted by Crippen LogP contribution is 2.37. The molecule has 1 aliphatic carbocycles. The lowest BCUT2D eigenvalue weighted by atomic mass is 9.86. The van der Waals surface area contributed by atoms with Gasteiger partial charge in [0.15, 0.2) is 5.65 Å². The zero-order valence-corrected chi connectivity index (χ0v) is 17.4. The van der Waals surface area contributed by atoms with Crippen LogP contribution in [0.25, 0.3) is 28.0 Å². The van der Waals surface area contributed by atoms with Gasteiger partial charge in [-0.25, -0.2) is 9.67 Å². The predicted molar refractivity (Wildman–Crippen MR) is 120 cm³/mol. The second-order valence-corrected chi connectivity index (χ2v) is 8.43. The summed E-state index contributed by atoms with van der Waals surface area (Å²) < 4.78 is 2.02. The molecule has 0 amide bonds. The summed E-state index contributed by atoms with van der Waals surface area (Å²) >= 11 is 0. The van der Waals surface area contributed by atoms with E-state index in [9.17, 15) is 0 Å². The molecule has 29 heavy (non-hydrogen) atoms. The average Bonchev–Trinajstić information content (AvgIpc) is 3.10. The van der Waals surface area contributed by atoms with E-state index in [4.69, 9.17) is 10.1 Å². The van der Waals surface area contributed by atoms with E-state index in [-0.39, 0.29) is 0 Å². The van der Waals surface area contributed by atoms with Crippen molar-refractivity contribution >= 4 is 11.0 Å². The van der Waals surface area contributed by atoms with Crippen molar-refractivity contribution in [2.75, 3.05) is 0 Å². The van der Waals surface area contributed by atoms with Crippen LogP contribution in [0, 0.1) is 6.92 Å². The van der Waals surface area contributed by atoms with Gasteiger partial charge in [0.1, 0.15) is 0 Å². The summed E-state index contributed by atoms with van der Waals surface area (Å²) in [6, 6.07) is 19.3. The molecule has 2 aromatic heterocycles. The van der Waals surface area contributed by atoms with Crippen LogP contribution >= 0.6 is 0 Å². The number of pyridine rings is 1. The number of hydrogen-bond acceptors (Lipinski definition) is 2. The smallest absolute Gasteiger partial charge is 0.164 e. The van der Waals surface area contributed by atoms with E-state index >= 15 is 0 Å². The zero-order chi connectivity index (χ0) is 20.0. The van der Waals surface area contributed by atoms with Crippen LogP contribution in [0.5, 0.6) is 0 Å². The summed E-state index contributed by atoms with van der Waals surface area (Å²) in [5.41, 5.74) is 9.74. The first-order valence-electron chi connectivity index (χ1n) is 10.7. The van der Waals surface area contributed by atoms with Crippen molar-refractivity contribution in [3.63, 3.8) is 0 Å². The van der Waals surface area contributed by atoms with Gasteiger partial charge in [-0.05, 0) is 67.3 Å². The Kier molecular flexibility index (Phi) is 4.46. The summed E-state index contributed by atoms with van der Waals surface area (Å²) in [5, 5.41) is 6.15. The van der Waals surface area contributed by atoms with Crippen LogP contribution in [-0.4, -0.2) is 14.8 Å². The number of para-hydroxylation sites is 1. The lowest BCUT2D eigenvalue weighted by Gasteiger charge is -2.21. The summed E-state index contributed by atoms with van der Waals surface area (Å²) in [6.45, 7) is 6.60. The molecular formula is C26H27N3. The molecular weight excluding hydrogens is 354 g/mol. The van der Waals surface area contributed by atoms with Gasteiger partial charge in [0.2, 0.25) is 0 Å². The molecule has 0 N–H and O–H groups in total. The van der Waals surface area contributed by atoms with Crippen LogP contribution in [0.4, 0.5) is 0 Å². The highest BCUT2D eigenvalue weighted by atomic mass is 15.3. The second-order valence-electron chi connectivity index (χ2n) is 8.43. The van der Waals surface area contributed by atoms with E-state index in [1.54, 1.807) is 0 Å². The van der Waals surface area contributed by atoms with Gasteiger partial charge in [-0.1, -0.05) is 56.3 Å². The largest absolute Gasteiger partial charge is 0.228 e. The summed E-state index contributed by atoms with van der Waals surface area (Å²) in [6.07, 6.45) is 4.71. The SMILES string of the molecule is Cc1nn(-c2ccccc2)c2nc(-c3ccc(C(C)C)cc3)c3c(c12)CCCC3. The molecule has 4 aromatic rings. The minimum atomic E-state index is 0.538. The van der Waals surface area contributed by atoms with Gasteiger partial charge in [-0.3, -0.25) is 0 Å². The Hall–Kier alpha value is -2.94. The van der Waals surface area contributed by atoms with Crippen molar-refractivity contribution in [1.29, 1.82) is 0 Å². The Morgan fingerprint density at radius 1 is 0.862 bits per heavy atom. The molecule has 0 atom stereocenters. The molecule has 0 unspecified atom stereocenters. The Balaban J connectivity index is 1.78. The standard InChI is InChI=1S/C26H27N3/c1-17(2)19-13-15-20(16-14-19)25-23-12-8-7-11-22(23)24-18(3)28-29(26(24)27-25)21-9-5-4-6-10-21/h4-6,9-10,13-17H,7-8,11-12H2,1-3H3. The molecule has 5 rings (SSSR count). The predicted octanol–water partition coefficient (Wildman–Crippen LogP) is 6.40. The molecule has 0 fully saturated rings. The number of hydrogen-bond donors (Lipinski definition) is 0. The lowest BCUT2D eigenvalue weighted by molar-refractivity contribution is 0.688. The fourth-order valence-electron chi connectivity index (χ4n) is 4.60. The molecule has 0 saturated heterocycles. The van der Waals surface area contributed by atoms with Crippen LogP contribution in [0.1, 0.15) is 55.0 Å². The van der Waals surface area contributed by atoms with Gasteiger partial charge in [-0.2, -0.15) is 5.10 Å². The van der Waals surface area contributed by atoms with Crippen LogP contribution in [0.3, 0.4) is 0 Å². The average molecular weight is 382 g/mol. The first kappa shape index (κ1) is 18.1. The molecule has 2 aromatic carbocycles. The van der Waals surface area contributed by atoms with Crippen molar-refractivity contribution < 1.29 is 0 Å². The van der Waals surface area contributed by atoms with Gasteiger partial charge < -0.3 is 0 Å². The van der Waals surface area contributed by atoms with Gasteiger partial charge in [-0.15, -0.1) is 0 Å². The molecule has 3 nitrogen and oxygen atoms in total. The summed E-state index contributed by atoms with van der Waals surface area (Å²) in [7, 11) is 0. The Morgan fingerprint density at radius 3 is 2.24 bits per heavy atom. The van der Waals surface area contributed by atoms with E-state index in [0.717, 1.165) is 35.6 Å². The molecule has 0 spiro atoms. The van der Waals surface area contributed by atoms with E-state index in [2.05, 4.69) is 69.3 Å². The summed E-state index contributed by atoms with van der Waals surface area (Å²) in [5.74, 6) is 0.538. The maximum atomic E-state index is 5.23. The number of aromatic nitrogens is 3. The molecule has 0 bridgehead atoms. The fourth-order valence-corrected chi connectivity index (χ4v) is 4.60. The number of fused-ring (bicyclic) bond motifs is 3. The maximum Gasteiger partial charge on any atom is 0.164 e. The monoisotopic (exact) mass is 381 g/mol. The van der Waals surface area contributed by atoms with Crippen molar-refractivity contribution in [3.8, 4) is 16.9 Å². The molecule has 0 radical (unpaired) electrons. The fraction of sp³-hybridized carbons (Fsp3) is 0.308. The van der Waals surface area contributed by atoms with Crippen molar-refractivity contribution in [2.24, 2.45) is 0 Å². The van der Waals surface area contributed by atoms with Crippen molar-refractivity contribution in [3.05, 3.63) is 77.0 Å². The van der Waals surface area contributed by atoms with Gasteiger partial charge in [0, 0.05) is 10.9 Å². The summed E-state index contributed by atoms with van der Waals surface area (Å²) in [4.78, 5) is 5.23. The molecule has 1 aliphatic rings. The van der Waals surface area contributed by atoms with Crippen LogP contribution in [-0.2, 0) is 12.8 Å². The van der Waals surface area contributed by atoms with Crippen LogP contribution in [0.15, 0.2) is 54.6 Å². The second kappa shape index (κ2) is 7.14. The molecule has 2 heterocycles. The van der Waals surface area contributed by atoms with Crippen LogP contribution in [0.2, 0.25) is 0 Å². The molecule has 3 heteroatoms. The van der Waals surface area contributed by atoms with E-state index in [0.29, 0.717) is 5.92 Å². The first-order chi connectivity index (χ1) is 14.1. The quantitative estimate of drug-likeness (QED) is 0.411. The van der Waals surface area contributed by atoms with Gasteiger partial charge in [0.05, 0.1) is 17.1 Å². The Morgan fingerprint density at radius 2 is 1.55 bits per heavy atom. The lowest BCUT2D eigenvalue weighted by Crippen LogP contribution is -2.08. The third-order valence-electron chi connectivity index (χ3n) is 6.16.